The first-order valence-corrected chi connectivity index (χ1v) is 11.7. The number of carbonyl (C=O) groups excluding carboxylic acids is 2. The van der Waals surface area contributed by atoms with Gasteiger partial charge in [0.05, 0.1) is 13.7 Å². The third kappa shape index (κ3) is 4.55. The van der Waals surface area contributed by atoms with Gasteiger partial charge in [-0.25, -0.2) is 4.98 Å². The molecular formula is C25H27N5O5. The van der Waals surface area contributed by atoms with E-state index in [1.165, 1.54) is 0 Å². The lowest BCUT2D eigenvalue weighted by molar-refractivity contribution is -0.133. The Morgan fingerprint density at radius 2 is 2.03 bits per heavy atom. The van der Waals surface area contributed by atoms with E-state index in [-0.39, 0.29) is 24.3 Å². The summed E-state index contributed by atoms with van der Waals surface area (Å²) in [5, 5.41) is 4.12. The van der Waals surface area contributed by atoms with Gasteiger partial charge in [0.25, 0.3) is 11.8 Å². The molecule has 5 rings (SSSR count). The quantitative estimate of drug-likeness (QED) is 0.511. The first-order chi connectivity index (χ1) is 17.1. The van der Waals surface area contributed by atoms with Gasteiger partial charge in [-0.1, -0.05) is 23.4 Å². The fourth-order valence-corrected chi connectivity index (χ4v) is 4.55. The molecule has 4 heterocycles. The first kappa shape index (κ1) is 22.8. The van der Waals surface area contributed by atoms with Gasteiger partial charge in [-0.2, -0.15) is 4.98 Å². The molecule has 10 nitrogen and oxygen atoms in total. The maximum absolute atomic E-state index is 12.9. The van der Waals surface area contributed by atoms with E-state index in [0.717, 1.165) is 5.56 Å². The summed E-state index contributed by atoms with van der Waals surface area (Å²) >= 11 is 0. The monoisotopic (exact) mass is 477 g/mol. The van der Waals surface area contributed by atoms with Crippen LogP contribution in [0.5, 0.6) is 11.6 Å². The Morgan fingerprint density at radius 1 is 1.23 bits per heavy atom. The van der Waals surface area contributed by atoms with Gasteiger partial charge in [0.1, 0.15) is 6.54 Å². The highest BCUT2D eigenvalue weighted by atomic mass is 16.5. The molecule has 0 N–H and O–H groups in total. The summed E-state index contributed by atoms with van der Waals surface area (Å²) in [5.74, 6) is 1.84. The van der Waals surface area contributed by atoms with Crippen LogP contribution in [-0.4, -0.2) is 70.1 Å². The summed E-state index contributed by atoms with van der Waals surface area (Å²) in [7, 11) is 1.55. The fourth-order valence-electron chi connectivity index (χ4n) is 4.55. The number of methoxy groups -OCH3 is 1. The molecule has 0 bridgehead atoms. The zero-order valence-corrected chi connectivity index (χ0v) is 19.8. The fraction of sp³-hybridized carbons (Fsp3) is 0.400. The van der Waals surface area contributed by atoms with Gasteiger partial charge in [-0.3, -0.25) is 9.59 Å². The van der Waals surface area contributed by atoms with Crippen molar-refractivity contribution in [3.8, 4) is 23.0 Å². The Kier molecular flexibility index (Phi) is 6.35. The molecule has 2 aromatic heterocycles. The van der Waals surface area contributed by atoms with Crippen molar-refractivity contribution >= 4 is 11.8 Å². The molecule has 0 saturated carbocycles. The van der Waals surface area contributed by atoms with Crippen LogP contribution in [0.2, 0.25) is 0 Å². The number of fused-ring (bicyclic) bond motifs is 1. The van der Waals surface area contributed by atoms with Crippen molar-refractivity contribution in [1.29, 1.82) is 0 Å². The van der Waals surface area contributed by atoms with E-state index in [1.54, 1.807) is 24.3 Å². The average Bonchev–Trinajstić information content (AvgIpc) is 3.50. The number of rotatable bonds is 7. The van der Waals surface area contributed by atoms with Crippen LogP contribution in [-0.2, 0) is 11.3 Å². The standard InChI is InChI=1S/C25H27N5O5/c1-3-34-24-20(33-2)12-18(13-26-24)22-27-23(35-28-22)16-8-10-29(11-9-16)21(31)15-30-14-17-6-4-5-7-19(17)25(30)32/h4-7,12-13,16H,3,8-11,14-15H2,1-2H3. The molecule has 0 radical (unpaired) electrons. The number of carbonyl (C=O) groups is 2. The van der Waals surface area contributed by atoms with E-state index in [2.05, 4.69) is 15.1 Å². The topological polar surface area (TPSA) is 111 Å². The zero-order chi connectivity index (χ0) is 24.4. The molecule has 1 aromatic carbocycles. The van der Waals surface area contributed by atoms with Crippen molar-refractivity contribution in [2.24, 2.45) is 0 Å². The number of hydrogen-bond donors (Lipinski definition) is 0. The van der Waals surface area contributed by atoms with Crippen LogP contribution >= 0.6 is 0 Å². The van der Waals surface area contributed by atoms with Crippen LogP contribution in [0.1, 0.15) is 47.5 Å². The number of ether oxygens (including phenoxy) is 2. The Bertz CT molecular complexity index is 1230. The average molecular weight is 478 g/mol. The van der Waals surface area contributed by atoms with Gasteiger partial charge in [-0.05, 0) is 37.5 Å². The Hall–Kier alpha value is -3.95. The number of piperidine rings is 1. The predicted molar refractivity (Wildman–Crippen MR) is 125 cm³/mol. The molecule has 182 valence electrons. The van der Waals surface area contributed by atoms with E-state index in [9.17, 15) is 9.59 Å². The Labute approximate surface area is 202 Å². The lowest BCUT2D eigenvalue weighted by Gasteiger charge is -2.31. The van der Waals surface area contributed by atoms with Crippen molar-refractivity contribution in [3.63, 3.8) is 0 Å². The summed E-state index contributed by atoms with van der Waals surface area (Å²) < 4.78 is 16.4. The summed E-state index contributed by atoms with van der Waals surface area (Å²) in [6.45, 7) is 4.09. The maximum atomic E-state index is 12.9. The van der Waals surface area contributed by atoms with Crippen LogP contribution in [0.4, 0.5) is 0 Å². The molecule has 0 atom stereocenters. The van der Waals surface area contributed by atoms with Gasteiger partial charge >= 0.3 is 0 Å². The van der Waals surface area contributed by atoms with Crippen molar-refractivity contribution < 1.29 is 23.6 Å². The third-order valence-corrected chi connectivity index (χ3v) is 6.44. The zero-order valence-electron chi connectivity index (χ0n) is 19.8. The molecule has 2 aliphatic heterocycles. The SMILES string of the molecule is CCOc1ncc(-c2noc(C3CCN(C(=O)CN4Cc5ccccc5C4=O)CC3)n2)cc1OC. The van der Waals surface area contributed by atoms with Crippen LogP contribution < -0.4 is 9.47 Å². The van der Waals surface area contributed by atoms with Gasteiger partial charge in [0.2, 0.25) is 17.6 Å². The molecule has 1 saturated heterocycles. The van der Waals surface area contributed by atoms with Gasteiger partial charge in [0, 0.05) is 42.9 Å². The van der Waals surface area contributed by atoms with Crippen LogP contribution in [0.25, 0.3) is 11.4 Å². The minimum absolute atomic E-state index is 0.0385. The molecule has 10 heteroatoms. The highest BCUT2D eigenvalue weighted by Crippen LogP contribution is 2.32. The second-order valence-corrected chi connectivity index (χ2v) is 8.59. The number of likely N-dealkylation sites (tertiary alicyclic amines) is 1. The van der Waals surface area contributed by atoms with Gasteiger partial charge in [0.15, 0.2) is 5.75 Å². The number of pyridine rings is 1. The summed E-state index contributed by atoms with van der Waals surface area (Å²) in [6, 6.07) is 9.27. The molecule has 2 aliphatic rings. The molecule has 3 aromatic rings. The molecule has 0 unspecified atom stereocenters. The van der Waals surface area contributed by atoms with Gasteiger partial charge in [-0.15, -0.1) is 0 Å². The van der Waals surface area contributed by atoms with Crippen molar-refractivity contribution in [3.05, 3.63) is 53.5 Å². The van der Waals surface area contributed by atoms with E-state index in [4.69, 9.17) is 14.0 Å². The number of aromatic nitrogens is 3. The minimum Gasteiger partial charge on any atom is -0.491 e. The second-order valence-electron chi connectivity index (χ2n) is 8.59. The van der Waals surface area contributed by atoms with Gasteiger partial charge < -0.3 is 23.8 Å². The smallest absolute Gasteiger partial charge is 0.256 e. The summed E-state index contributed by atoms with van der Waals surface area (Å²) in [4.78, 5) is 37.7. The number of amides is 2. The number of hydrogen-bond acceptors (Lipinski definition) is 8. The molecule has 1 fully saturated rings. The van der Waals surface area contributed by atoms with Crippen molar-refractivity contribution in [2.45, 2.75) is 32.2 Å². The molecule has 0 aliphatic carbocycles. The largest absolute Gasteiger partial charge is 0.491 e. The summed E-state index contributed by atoms with van der Waals surface area (Å²) in [5.41, 5.74) is 2.33. The normalized spacial score (nSPS) is 15.9. The maximum Gasteiger partial charge on any atom is 0.256 e. The molecule has 2 amide bonds. The highest BCUT2D eigenvalue weighted by Gasteiger charge is 2.32. The van der Waals surface area contributed by atoms with Crippen molar-refractivity contribution in [2.75, 3.05) is 33.4 Å². The second kappa shape index (κ2) is 9.73. The lowest BCUT2D eigenvalue weighted by Crippen LogP contribution is -2.44. The summed E-state index contributed by atoms with van der Waals surface area (Å²) in [6.07, 6.45) is 3.06. The number of nitrogens with zero attached hydrogens (tertiary/aromatic N) is 5. The van der Waals surface area contributed by atoms with E-state index < -0.39 is 0 Å². The Balaban J connectivity index is 1.18. The first-order valence-electron chi connectivity index (χ1n) is 11.7. The minimum atomic E-state index is -0.0809. The van der Waals surface area contributed by atoms with E-state index in [1.807, 2.05) is 36.1 Å². The molecule has 35 heavy (non-hydrogen) atoms. The van der Waals surface area contributed by atoms with Crippen molar-refractivity contribution in [1.82, 2.24) is 24.9 Å². The Morgan fingerprint density at radius 3 is 2.77 bits per heavy atom. The lowest BCUT2D eigenvalue weighted by atomic mass is 9.96. The highest BCUT2D eigenvalue weighted by molar-refractivity contribution is 6.00. The van der Waals surface area contributed by atoms with Crippen LogP contribution in [0.3, 0.4) is 0 Å². The molecule has 0 spiro atoms. The van der Waals surface area contributed by atoms with Crippen LogP contribution in [0.15, 0.2) is 41.1 Å². The van der Waals surface area contributed by atoms with Crippen LogP contribution in [0, 0.1) is 0 Å². The third-order valence-electron chi connectivity index (χ3n) is 6.44. The van der Waals surface area contributed by atoms with E-state index in [0.29, 0.717) is 73.6 Å². The predicted octanol–water partition coefficient (Wildman–Crippen LogP) is 2.90. The van der Waals surface area contributed by atoms with E-state index >= 15 is 0 Å². The number of benzene rings is 1. The molecular weight excluding hydrogens is 450 g/mol.